The minimum absolute atomic E-state index is 0.428. The van der Waals surface area contributed by atoms with Crippen molar-refractivity contribution in [3.8, 4) is 0 Å². The Morgan fingerprint density at radius 3 is 3.08 bits per heavy atom. The van der Waals surface area contributed by atoms with E-state index >= 15 is 0 Å². The molecule has 1 aliphatic heterocycles. The third kappa shape index (κ3) is 1.33. The van der Waals surface area contributed by atoms with Crippen LogP contribution in [0.1, 0.15) is 15.9 Å². The molecule has 0 spiro atoms. The summed E-state index contributed by atoms with van der Waals surface area (Å²) in [6.07, 6.45) is 3.27. The second-order valence-electron chi connectivity index (χ2n) is 2.69. The highest BCUT2D eigenvalue weighted by atomic mass is 16.6. The van der Waals surface area contributed by atoms with Crippen molar-refractivity contribution in [3.05, 3.63) is 35.6 Å². The number of nitrogens with one attached hydrogen (secondary N) is 1. The van der Waals surface area contributed by atoms with Gasteiger partial charge in [0, 0.05) is 11.1 Å². The Labute approximate surface area is 74.9 Å². The Kier molecular flexibility index (Phi) is 1.66. The quantitative estimate of drug-likeness (QED) is 0.673. The largest absolute Gasteiger partial charge is 0.390 e. The molecule has 1 amide bonds. The van der Waals surface area contributed by atoms with E-state index in [1.54, 1.807) is 24.3 Å². The van der Waals surface area contributed by atoms with Gasteiger partial charge in [0.25, 0.3) is 0 Å². The standard InChI is InChI=1S/C9H8N2O2/c10-9(12)7-1-2-8-6(5-7)3-4-13-11-8/h1-5,11H,(H2,10,12). The molecule has 0 aromatic heterocycles. The van der Waals surface area contributed by atoms with Crippen LogP contribution in [-0.2, 0) is 4.84 Å². The molecule has 3 N–H and O–H groups in total. The van der Waals surface area contributed by atoms with Crippen LogP contribution in [0, 0.1) is 0 Å². The molecular formula is C9H8N2O2. The van der Waals surface area contributed by atoms with Gasteiger partial charge >= 0.3 is 0 Å². The second kappa shape index (κ2) is 2.82. The summed E-state index contributed by atoms with van der Waals surface area (Å²) in [7, 11) is 0. The van der Waals surface area contributed by atoms with Gasteiger partial charge in [-0.2, -0.15) is 0 Å². The van der Waals surface area contributed by atoms with E-state index in [1.165, 1.54) is 6.26 Å². The topological polar surface area (TPSA) is 64.4 Å². The van der Waals surface area contributed by atoms with E-state index in [2.05, 4.69) is 5.48 Å². The molecular weight excluding hydrogens is 168 g/mol. The monoisotopic (exact) mass is 176 g/mol. The third-order valence-electron chi connectivity index (χ3n) is 1.82. The molecule has 13 heavy (non-hydrogen) atoms. The minimum atomic E-state index is -0.428. The van der Waals surface area contributed by atoms with E-state index in [9.17, 15) is 4.79 Å². The summed E-state index contributed by atoms with van der Waals surface area (Å²) in [5.41, 5.74) is 10.0. The molecule has 2 rings (SSSR count). The number of primary amides is 1. The van der Waals surface area contributed by atoms with Crippen molar-refractivity contribution in [1.29, 1.82) is 0 Å². The number of amides is 1. The molecule has 0 saturated carbocycles. The zero-order chi connectivity index (χ0) is 9.26. The van der Waals surface area contributed by atoms with Crippen LogP contribution in [-0.4, -0.2) is 5.91 Å². The number of benzene rings is 1. The van der Waals surface area contributed by atoms with Crippen LogP contribution < -0.4 is 11.2 Å². The van der Waals surface area contributed by atoms with Crippen LogP contribution >= 0.6 is 0 Å². The highest BCUT2D eigenvalue weighted by Gasteiger charge is 2.07. The lowest BCUT2D eigenvalue weighted by Gasteiger charge is -2.12. The van der Waals surface area contributed by atoms with E-state index in [0.717, 1.165) is 11.3 Å². The number of carbonyl (C=O) groups is 1. The maximum Gasteiger partial charge on any atom is 0.248 e. The fourth-order valence-electron chi connectivity index (χ4n) is 1.15. The lowest BCUT2D eigenvalue weighted by atomic mass is 10.1. The number of nitrogens with two attached hydrogens (primary N) is 1. The molecule has 0 aliphatic carbocycles. The number of carbonyl (C=O) groups excluding carboxylic acids is 1. The van der Waals surface area contributed by atoms with Gasteiger partial charge in [0.05, 0.1) is 5.69 Å². The molecule has 1 heterocycles. The molecule has 0 radical (unpaired) electrons. The zero-order valence-corrected chi connectivity index (χ0v) is 6.78. The zero-order valence-electron chi connectivity index (χ0n) is 6.78. The van der Waals surface area contributed by atoms with Gasteiger partial charge in [-0.25, -0.2) is 5.48 Å². The first kappa shape index (κ1) is 7.67. The average Bonchev–Trinajstić information content (AvgIpc) is 2.17. The van der Waals surface area contributed by atoms with Crippen molar-refractivity contribution in [2.45, 2.75) is 0 Å². The Morgan fingerprint density at radius 1 is 1.46 bits per heavy atom. The number of fused-ring (bicyclic) bond motifs is 1. The first-order valence-corrected chi connectivity index (χ1v) is 3.79. The van der Waals surface area contributed by atoms with Crippen LogP contribution in [0.2, 0.25) is 0 Å². The highest BCUT2D eigenvalue weighted by Crippen LogP contribution is 2.21. The van der Waals surface area contributed by atoms with Gasteiger partial charge < -0.3 is 10.6 Å². The van der Waals surface area contributed by atoms with Gasteiger partial charge in [-0.3, -0.25) is 4.79 Å². The molecule has 4 heteroatoms. The smallest absolute Gasteiger partial charge is 0.248 e. The molecule has 1 aromatic carbocycles. The van der Waals surface area contributed by atoms with Crippen molar-refractivity contribution in [2.24, 2.45) is 5.73 Å². The summed E-state index contributed by atoms with van der Waals surface area (Å²) in [6, 6.07) is 5.11. The Balaban J connectivity index is 2.48. The molecule has 0 bridgehead atoms. The number of hydrogen-bond acceptors (Lipinski definition) is 3. The van der Waals surface area contributed by atoms with Crippen molar-refractivity contribution in [1.82, 2.24) is 0 Å². The highest BCUT2D eigenvalue weighted by molar-refractivity contribution is 5.94. The molecule has 0 saturated heterocycles. The lowest BCUT2D eigenvalue weighted by Crippen LogP contribution is -2.12. The number of anilines is 1. The van der Waals surface area contributed by atoms with E-state index in [0.29, 0.717) is 5.56 Å². The van der Waals surface area contributed by atoms with Crippen molar-refractivity contribution >= 4 is 17.7 Å². The van der Waals surface area contributed by atoms with E-state index in [4.69, 9.17) is 10.6 Å². The maximum absolute atomic E-state index is 10.8. The first-order chi connectivity index (χ1) is 6.27. The first-order valence-electron chi connectivity index (χ1n) is 3.79. The molecule has 4 nitrogen and oxygen atoms in total. The van der Waals surface area contributed by atoms with Crippen LogP contribution in [0.5, 0.6) is 0 Å². The third-order valence-corrected chi connectivity index (χ3v) is 1.82. The van der Waals surface area contributed by atoms with Gasteiger partial charge in [0.15, 0.2) is 0 Å². The SMILES string of the molecule is NC(=O)c1ccc2c(c1)C=CON2. The van der Waals surface area contributed by atoms with E-state index in [-0.39, 0.29) is 0 Å². The maximum atomic E-state index is 10.8. The Hall–Kier alpha value is -1.97. The van der Waals surface area contributed by atoms with Crippen LogP contribution in [0.15, 0.2) is 24.5 Å². The normalized spacial score (nSPS) is 12.6. The summed E-state index contributed by atoms with van der Waals surface area (Å²) in [5, 5.41) is 0. The van der Waals surface area contributed by atoms with Crippen molar-refractivity contribution in [3.63, 3.8) is 0 Å². The number of rotatable bonds is 1. The predicted octanol–water partition coefficient (Wildman–Crippen LogP) is 1.11. The molecule has 0 unspecified atom stereocenters. The molecule has 0 atom stereocenters. The fourth-order valence-corrected chi connectivity index (χ4v) is 1.15. The Bertz CT molecular complexity index is 385. The molecule has 1 aromatic rings. The average molecular weight is 176 g/mol. The minimum Gasteiger partial charge on any atom is -0.390 e. The van der Waals surface area contributed by atoms with Gasteiger partial charge in [0.2, 0.25) is 5.91 Å². The summed E-state index contributed by atoms with van der Waals surface area (Å²) in [6.45, 7) is 0. The van der Waals surface area contributed by atoms with E-state index in [1.807, 2.05) is 0 Å². The summed E-state index contributed by atoms with van der Waals surface area (Å²) < 4.78 is 0. The lowest BCUT2D eigenvalue weighted by molar-refractivity contribution is 0.100. The molecule has 66 valence electrons. The second-order valence-corrected chi connectivity index (χ2v) is 2.69. The fraction of sp³-hybridized carbons (Fsp3) is 0. The van der Waals surface area contributed by atoms with Crippen molar-refractivity contribution < 1.29 is 9.63 Å². The Morgan fingerprint density at radius 2 is 2.31 bits per heavy atom. The molecule has 1 aliphatic rings. The molecule has 0 fully saturated rings. The predicted molar refractivity (Wildman–Crippen MR) is 48.7 cm³/mol. The van der Waals surface area contributed by atoms with Crippen LogP contribution in [0.25, 0.3) is 6.08 Å². The summed E-state index contributed by atoms with van der Waals surface area (Å²) in [5.74, 6) is -0.428. The van der Waals surface area contributed by atoms with Gasteiger partial charge in [-0.1, -0.05) is 0 Å². The van der Waals surface area contributed by atoms with Gasteiger partial charge in [0.1, 0.15) is 6.26 Å². The van der Waals surface area contributed by atoms with Crippen LogP contribution in [0.4, 0.5) is 5.69 Å². The summed E-state index contributed by atoms with van der Waals surface area (Å²) in [4.78, 5) is 15.7. The van der Waals surface area contributed by atoms with Crippen molar-refractivity contribution in [2.75, 3.05) is 5.48 Å². The summed E-state index contributed by atoms with van der Waals surface area (Å²) >= 11 is 0. The van der Waals surface area contributed by atoms with E-state index < -0.39 is 5.91 Å². The van der Waals surface area contributed by atoms with Gasteiger partial charge in [-0.15, -0.1) is 0 Å². The van der Waals surface area contributed by atoms with Crippen LogP contribution in [0.3, 0.4) is 0 Å². The van der Waals surface area contributed by atoms with Gasteiger partial charge in [-0.05, 0) is 24.3 Å². The number of hydrogen-bond donors (Lipinski definition) is 2.